The maximum Gasteiger partial charge on any atom is 0.0631 e. The summed E-state index contributed by atoms with van der Waals surface area (Å²) in [7, 11) is 0. The van der Waals surface area contributed by atoms with Gasteiger partial charge in [0.1, 0.15) is 0 Å². The van der Waals surface area contributed by atoms with Crippen LogP contribution in [-0.2, 0) is 6.42 Å². The molecule has 0 spiro atoms. The van der Waals surface area contributed by atoms with Crippen molar-refractivity contribution in [2.45, 2.75) is 71.3 Å². The van der Waals surface area contributed by atoms with E-state index in [0.717, 1.165) is 25.0 Å². The lowest BCUT2D eigenvalue weighted by molar-refractivity contribution is 0.113. The Kier molecular flexibility index (Phi) is 5.03. The molecule has 2 rings (SSSR count). The molecule has 1 saturated carbocycles. The summed E-state index contributed by atoms with van der Waals surface area (Å²) in [5.74, 6) is 0. The van der Waals surface area contributed by atoms with Gasteiger partial charge in [0, 0.05) is 12.8 Å². The highest BCUT2D eigenvalue weighted by atomic mass is 16.3. The fourth-order valence-corrected chi connectivity index (χ4v) is 3.18. The first-order valence-corrected chi connectivity index (χ1v) is 7.88. The topological polar surface area (TPSA) is 38.0 Å². The normalized spacial score (nSPS) is 17.8. The fourth-order valence-electron chi connectivity index (χ4n) is 3.18. The number of aromatic nitrogens is 2. The van der Waals surface area contributed by atoms with Crippen LogP contribution in [-0.4, -0.2) is 21.5 Å². The van der Waals surface area contributed by atoms with E-state index in [1.54, 1.807) is 0 Å². The van der Waals surface area contributed by atoms with Gasteiger partial charge in [0.2, 0.25) is 0 Å². The van der Waals surface area contributed by atoms with E-state index in [1.807, 2.05) is 0 Å². The molecule has 1 heterocycles. The highest BCUT2D eigenvalue weighted by Gasteiger charge is 2.27. The van der Waals surface area contributed by atoms with Gasteiger partial charge in [0.15, 0.2) is 0 Å². The minimum absolute atomic E-state index is 0.0196. The van der Waals surface area contributed by atoms with Crippen molar-refractivity contribution < 1.29 is 5.11 Å². The lowest BCUT2D eigenvalue weighted by atomic mass is 9.79. The first-order chi connectivity index (χ1) is 9.23. The van der Waals surface area contributed by atoms with Gasteiger partial charge in [-0.15, -0.1) is 0 Å². The fraction of sp³-hybridized carbons (Fsp3) is 0.812. The van der Waals surface area contributed by atoms with E-state index in [2.05, 4.69) is 30.8 Å². The van der Waals surface area contributed by atoms with E-state index < -0.39 is 0 Å². The molecule has 0 radical (unpaired) electrons. The van der Waals surface area contributed by atoms with E-state index >= 15 is 0 Å². The van der Waals surface area contributed by atoms with Crippen LogP contribution in [0.1, 0.15) is 70.5 Å². The standard InChI is InChI=1S/C16H28N2O/c1-3-16(4-2,13-19)12-14-10-11-18(17-14)15-8-6-5-7-9-15/h10-11,15,19H,3-9,12-13H2,1-2H3. The van der Waals surface area contributed by atoms with E-state index in [-0.39, 0.29) is 12.0 Å². The van der Waals surface area contributed by atoms with Crippen LogP contribution in [0.5, 0.6) is 0 Å². The molecule has 0 unspecified atom stereocenters. The number of hydrogen-bond donors (Lipinski definition) is 1. The zero-order valence-electron chi connectivity index (χ0n) is 12.4. The van der Waals surface area contributed by atoms with Gasteiger partial charge in [-0.1, -0.05) is 33.1 Å². The Labute approximate surface area is 117 Å². The summed E-state index contributed by atoms with van der Waals surface area (Å²) in [5.41, 5.74) is 1.16. The number of aliphatic hydroxyl groups is 1. The van der Waals surface area contributed by atoms with Crippen molar-refractivity contribution in [3.8, 4) is 0 Å². The van der Waals surface area contributed by atoms with E-state index in [4.69, 9.17) is 5.10 Å². The Balaban J connectivity index is 2.03. The van der Waals surface area contributed by atoms with Gasteiger partial charge in [-0.3, -0.25) is 4.68 Å². The van der Waals surface area contributed by atoms with Crippen molar-refractivity contribution in [1.29, 1.82) is 0 Å². The molecule has 1 fully saturated rings. The van der Waals surface area contributed by atoms with Crippen molar-refractivity contribution in [3.05, 3.63) is 18.0 Å². The first-order valence-electron chi connectivity index (χ1n) is 7.88. The third-order valence-corrected chi connectivity index (χ3v) is 5.00. The van der Waals surface area contributed by atoms with Crippen LogP contribution in [0, 0.1) is 5.41 Å². The summed E-state index contributed by atoms with van der Waals surface area (Å²) in [4.78, 5) is 0. The Bertz CT molecular complexity index is 368. The van der Waals surface area contributed by atoms with Gasteiger partial charge >= 0.3 is 0 Å². The van der Waals surface area contributed by atoms with Crippen LogP contribution in [0.15, 0.2) is 12.3 Å². The van der Waals surface area contributed by atoms with Crippen LogP contribution in [0.2, 0.25) is 0 Å². The van der Waals surface area contributed by atoms with Crippen LogP contribution in [0.25, 0.3) is 0 Å². The van der Waals surface area contributed by atoms with Crippen LogP contribution < -0.4 is 0 Å². The quantitative estimate of drug-likeness (QED) is 0.850. The first kappa shape index (κ1) is 14.6. The molecule has 0 atom stereocenters. The van der Waals surface area contributed by atoms with Crippen molar-refractivity contribution in [3.63, 3.8) is 0 Å². The summed E-state index contributed by atoms with van der Waals surface area (Å²) in [6, 6.07) is 2.75. The average molecular weight is 264 g/mol. The van der Waals surface area contributed by atoms with Crippen molar-refractivity contribution in [2.24, 2.45) is 5.41 Å². The molecule has 3 heteroatoms. The van der Waals surface area contributed by atoms with E-state index in [1.165, 1.54) is 32.1 Å². The molecule has 1 aromatic heterocycles. The molecule has 1 aliphatic carbocycles. The van der Waals surface area contributed by atoms with Crippen LogP contribution >= 0.6 is 0 Å². The number of rotatable bonds is 6. The molecule has 1 aliphatic rings. The predicted molar refractivity (Wildman–Crippen MR) is 78.2 cm³/mol. The second-order valence-electron chi connectivity index (χ2n) is 6.12. The molecule has 0 bridgehead atoms. The summed E-state index contributed by atoms with van der Waals surface area (Å²) >= 11 is 0. The predicted octanol–water partition coefficient (Wildman–Crippen LogP) is 3.73. The van der Waals surface area contributed by atoms with Gasteiger partial charge in [0.05, 0.1) is 11.7 Å². The lowest BCUT2D eigenvalue weighted by Crippen LogP contribution is -2.27. The highest BCUT2D eigenvalue weighted by Crippen LogP contribution is 2.31. The van der Waals surface area contributed by atoms with Gasteiger partial charge < -0.3 is 5.11 Å². The summed E-state index contributed by atoms with van der Waals surface area (Å²) in [6.07, 6.45) is 11.7. The molecule has 19 heavy (non-hydrogen) atoms. The molecule has 1 aromatic rings. The third-order valence-electron chi connectivity index (χ3n) is 5.00. The van der Waals surface area contributed by atoms with Crippen molar-refractivity contribution in [1.82, 2.24) is 9.78 Å². The Morgan fingerprint density at radius 1 is 1.26 bits per heavy atom. The maximum absolute atomic E-state index is 9.66. The number of nitrogens with zero attached hydrogens (tertiary/aromatic N) is 2. The summed E-state index contributed by atoms with van der Waals surface area (Å²) < 4.78 is 2.17. The number of hydrogen-bond acceptors (Lipinski definition) is 2. The van der Waals surface area contributed by atoms with Crippen molar-refractivity contribution in [2.75, 3.05) is 6.61 Å². The monoisotopic (exact) mass is 264 g/mol. The van der Waals surface area contributed by atoms with E-state index in [9.17, 15) is 5.11 Å². The maximum atomic E-state index is 9.66. The molecule has 108 valence electrons. The molecule has 0 aliphatic heterocycles. The third kappa shape index (κ3) is 3.38. The average Bonchev–Trinajstić information content (AvgIpc) is 2.94. The number of aliphatic hydroxyl groups excluding tert-OH is 1. The van der Waals surface area contributed by atoms with Gasteiger partial charge in [-0.2, -0.15) is 5.10 Å². The Morgan fingerprint density at radius 2 is 1.95 bits per heavy atom. The van der Waals surface area contributed by atoms with Gasteiger partial charge in [-0.05, 0) is 43.6 Å². The second kappa shape index (κ2) is 6.56. The zero-order chi connectivity index (χ0) is 13.7. The summed E-state index contributed by atoms with van der Waals surface area (Å²) in [5, 5.41) is 14.4. The molecular formula is C16H28N2O. The molecule has 0 amide bonds. The Morgan fingerprint density at radius 3 is 2.53 bits per heavy atom. The van der Waals surface area contributed by atoms with Crippen LogP contribution in [0.4, 0.5) is 0 Å². The van der Waals surface area contributed by atoms with E-state index in [0.29, 0.717) is 6.04 Å². The molecule has 3 nitrogen and oxygen atoms in total. The smallest absolute Gasteiger partial charge is 0.0631 e. The molecule has 1 N–H and O–H groups in total. The Hall–Kier alpha value is -0.830. The SMILES string of the molecule is CCC(CC)(CO)Cc1ccn(C2CCCCC2)n1. The lowest BCUT2D eigenvalue weighted by Gasteiger charge is -2.28. The zero-order valence-corrected chi connectivity index (χ0v) is 12.4. The largest absolute Gasteiger partial charge is 0.396 e. The molecule has 0 saturated heterocycles. The van der Waals surface area contributed by atoms with Crippen LogP contribution in [0.3, 0.4) is 0 Å². The second-order valence-corrected chi connectivity index (χ2v) is 6.12. The van der Waals surface area contributed by atoms with Gasteiger partial charge in [0.25, 0.3) is 0 Å². The van der Waals surface area contributed by atoms with Gasteiger partial charge in [-0.25, -0.2) is 0 Å². The minimum atomic E-state index is 0.0196. The molecule has 0 aromatic carbocycles. The summed E-state index contributed by atoms with van der Waals surface area (Å²) in [6.45, 7) is 4.59. The van der Waals surface area contributed by atoms with Crippen molar-refractivity contribution >= 4 is 0 Å². The highest BCUT2D eigenvalue weighted by molar-refractivity contribution is 5.04. The minimum Gasteiger partial charge on any atom is -0.396 e. The molecular weight excluding hydrogens is 236 g/mol.